The van der Waals surface area contributed by atoms with Gasteiger partial charge in [0.05, 0.1) is 32.4 Å². The summed E-state index contributed by atoms with van der Waals surface area (Å²) in [4.78, 5) is 15.0. The molecular weight excluding hydrogens is 368 g/mol. The monoisotopic (exact) mass is 396 g/mol. The average Bonchev–Trinajstić information content (AvgIpc) is 3.12. The lowest BCUT2D eigenvalue weighted by atomic mass is 10.0. The molecular formula is C23H28N2O4. The summed E-state index contributed by atoms with van der Waals surface area (Å²) >= 11 is 0. The molecule has 2 aliphatic heterocycles. The molecule has 1 fully saturated rings. The van der Waals surface area contributed by atoms with Crippen molar-refractivity contribution in [3.8, 4) is 17.2 Å². The van der Waals surface area contributed by atoms with E-state index in [1.54, 1.807) is 7.11 Å². The highest BCUT2D eigenvalue weighted by molar-refractivity contribution is 5.75. The number of likely N-dealkylation sites (tertiary alicyclic amines) is 1. The summed E-state index contributed by atoms with van der Waals surface area (Å²) in [5.74, 6) is 2.33. The van der Waals surface area contributed by atoms with Gasteiger partial charge in [-0.3, -0.25) is 0 Å². The molecule has 2 aliphatic rings. The molecule has 6 nitrogen and oxygen atoms in total. The van der Waals surface area contributed by atoms with E-state index in [1.165, 1.54) is 0 Å². The summed E-state index contributed by atoms with van der Waals surface area (Å²) in [5, 5.41) is 3.15. The van der Waals surface area contributed by atoms with Crippen LogP contribution in [0, 0.1) is 0 Å². The molecule has 6 heteroatoms. The van der Waals surface area contributed by atoms with E-state index < -0.39 is 0 Å². The van der Waals surface area contributed by atoms with Gasteiger partial charge in [0, 0.05) is 13.0 Å². The van der Waals surface area contributed by atoms with Crippen LogP contribution in [-0.4, -0.2) is 37.8 Å². The SMILES string of the molecule is COc1cccc(C2CCCN2C(=O)NC(C)c2ccc3c(c2)OCCCO3)c1. The molecule has 2 unspecified atom stereocenters. The first-order valence-electron chi connectivity index (χ1n) is 10.3. The molecule has 2 aromatic carbocycles. The van der Waals surface area contributed by atoms with Gasteiger partial charge in [-0.15, -0.1) is 0 Å². The van der Waals surface area contributed by atoms with E-state index in [0.29, 0.717) is 13.2 Å². The van der Waals surface area contributed by atoms with Crippen LogP contribution < -0.4 is 19.5 Å². The third-order valence-corrected chi connectivity index (χ3v) is 5.60. The Bertz CT molecular complexity index is 870. The second-order valence-corrected chi connectivity index (χ2v) is 7.56. The van der Waals surface area contributed by atoms with E-state index in [-0.39, 0.29) is 18.1 Å². The van der Waals surface area contributed by atoms with Gasteiger partial charge in [-0.2, -0.15) is 0 Å². The number of hydrogen-bond donors (Lipinski definition) is 1. The van der Waals surface area contributed by atoms with Gasteiger partial charge in [0.1, 0.15) is 5.75 Å². The normalized spacial score (nSPS) is 19.4. The van der Waals surface area contributed by atoms with Crippen molar-refractivity contribution in [1.29, 1.82) is 0 Å². The number of nitrogens with one attached hydrogen (secondary N) is 1. The van der Waals surface area contributed by atoms with Gasteiger partial charge in [0.25, 0.3) is 0 Å². The Labute approximate surface area is 171 Å². The highest BCUT2D eigenvalue weighted by atomic mass is 16.5. The Balaban J connectivity index is 1.46. The molecule has 2 atom stereocenters. The topological polar surface area (TPSA) is 60.0 Å². The zero-order chi connectivity index (χ0) is 20.2. The van der Waals surface area contributed by atoms with Crippen LogP contribution in [0.4, 0.5) is 4.79 Å². The summed E-state index contributed by atoms with van der Waals surface area (Å²) in [6, 6.07) is 13.8. The van der Waals surface area contributed by atoms with Crippen LogP contribution in [0.1, 0.15) is 49.4 Å². The van der Waals surface area contributed by atoms with Crippen molar-refractivity contribution >= 4 is 6.03 Å². The fourth-order valence-corrected chi connectivity index (χ4v) is 4.01. The number of benzene rings is 2. The summed E-state index contributed by atoms with van der Waals surface area (Å²) in [7, 11) is 1.66. The third kappa shape index (κ3) is 4.26. The van der Waals surface area contributed by atoms with Gasteiger partial charge in [0.2, 0.25) is 0 Å². The fourth-order valence-electron chi connectivity index (χ4n) is 4.01. The predicted octanol–water partition coefficient (Wildman–Crippen LogP) is 4.46. The maximum atomic E-state index is 13.0. The molecule has 1 N–H and O–H groups in total. The smallest absolute Gasteiger partial charge is 0.318 e. The summed E-state index contributed by atoms with van der Waals surface area (Å²) in [6.07, 6.45) is 2.82. The molecule has 2 aromatic rings. The van der Waals surface area contributed by atoms with Crippen LogP contribution in [0.2, 0.25) is 0 Å². The van der Waals surface area contributed by atoms with Crippen LogP contribution in [-0.2, 0) is 0 Å². The van der Waals surface area contributed by atoms with Crippen molar-refractivity contribution in [3.63, 3.8) is 0 Å². The summed E-state index contributed by atoms with van der Waals surface area (Å²) < 4.78 is 16.8. The fraction of sp³-hybridized carbons (Fsp3) is 0.435. The number of amides is 2. The molecule has 0 radical (unpaired) electrons. The molecule has 4 rings (SSSR count). The Morgan fingerprint density at radius 3 is 2.79 bits per heavy atom. The van der Waals surface area contributed by atoms with Gasteiger partial charge in [-0.25, -0.2) is 4.79 Å². The van der Waals surface area contributed by atoms with Crippen molar-refractivity contribution in [3.05, 3.63) is 53.6 Å². The molecule has 1 saturated heterocycles. The Hall–Kier alpha value is -2.89. The maximum Gasteiger partial charge on any atom is 0.318 e. The van der Waals surface area contributed by atoms with Crippen molar-refractivity contribution in [2.75, 3.05) is 26.9 Å². The molecule has 0 saturated carbocycles. The minimum atomic E-state index is -0.133. The quantitative estimate of drug-likeness (QED) is 0.829. The van der Waals surface area contributed by atoms with Crippen molar-refractivity contribution < 1.29 is 19.0 Å². The number of rotatable bonds is 4. The number of nitrogens with zero attached hydrogens (tertiary/aromatic N) is 1. The van der Waals surface area contributed by atoms with E-state index in [0.717, 1.165) is 54.2 Å². The number of ether oxygens (including phenoxy) is 3. The maximum absolute atomic E-state index is 13.0. The van der Waals surface area contributed by atoms with Gasteiger partial charge in [-0.05, 0) is 55.2 Å². The van der Waals surface area contributed by atoms with E-state index in [1.807, 2.05) is 48.2 Å². The lowest BCUT2D eigenvalue weighted by Gasteiger charge is -2.27. The Morgan fingerprint density at radius 1 is 1.14 bits per heavy atom. The van der Waals surface area contributed by atoms with E-state index in [9.17, 15) is 4.79 Å². The minimum Gasteiger partial charge on any atom is -0.497 e. The van der Waals surface area contributed by atoms with E-state index in [2.05, 4.69) is 11.4 Å². The van der Waals surface area contributed by atoms with Crippen molar-refractivity contribution in [1.82, 2.24) is 10.2 Å². The first-order chi connectivity index (χ1) is 14.2. The lowest BCUT2D eigenvalue weighted by Crippen LogP contribution is -2.40. The van der Waals surface area contributed by atoms with Crippen LogP contribution in [0.15, 0.2) is 42.5 Å². The molecule has 29 heavy (non-hydrogen) atoms. The number of urea groups is 1. The van der Waals surface area contributed by atoms with Gasteiger partial charge in [0.15, 0.2) is 11.5 Å². The predicted molar refractivity (Wildman–Crippen MR) is 111 cm³/mol. The first kappa shape index (κ1) is 19.4. The Kier molecular flexibility index (Phi) is 5.79. The largest absolute Gasteiger partial charge is 0.497 e. The summed E-state index contributed by atoms with van der Waals surface area (Å²) in [6.45, 7) is 4.06. The number of hydrogen-bond acceptors (Lipinski definition) is 4. The highest BCUT2D eigenvalue weighted by Crippen LogP contribution is 2.35. The van der Waals surface area contributed by atoms with Crippen LogP contribution in [0.5, 0.6) is 17.2 Å². The standard InChI is InChI=1S/C23H28N2O4/c1-16(17-9-10-21-22(15-17)29-13-5-12-28-21)24-23(26)25-11-4-8-20(25)18-6-3-7-19(14-18)27-2/h3,6-7,9-10,14-16,20H,4-5,8,11-13H2,1-2H3,(H,24,26). The molecule has 0 aliphatic carbocycles. The van der Waals surface area contributed by atoms with Crippen molar-refractivity contribution in [2.24, 2.45) is 0 Å². The van der Waals surface area contributed by atoms with Crippen molar-refractivity contribution in [2.45, 2.75) is 38.3 Å². The third-order valence-electron chi connectivity index (χ3n) is 5.60. The zero-order valence-corrected chi connectivity index (χ0v) is 17.0. The average molecular weight is 396 g/mol. The molecule has 154 valence electrons. The minimum absolute atomic E-state index is 0.0464. The number of carbonyl (C=O) groups is 1. The molecule has 2 heterocycles. The van der Waals surface area contributed by atoms with E-state index in [4.69, 9.17) is 14.2 Å². The molecule has 2 amide bonds. The molecule has 0 aromatic heterocycles. The second-order valence-electron chi connectivity index (χ2n) is 7.56. The number of methoxy groups -OCH3 is 1. The van der Waals surface area contributed by atoms with Gasteiger partial charge >= 0.3 is 6.03 Å². The first-order valence-corrected chi connectivity index (χ1v) is 10.3. The lowest BCUT2D eigenvalue weighted by molar-refractivity contribution is 0.189. The Morgan fingerprint density at radius 2 is 1.97 bits per heavy atom. The zero-order valence-electron chi connectivity index (χ0n) is 17.0. The van der Waals surface area contributed by atoms with Crippen LogP contribution in [0.25, 0.3) is 0 Å². The molecule has 0 bridgehead atoms. The summed E-state index contributed by atoms with van der Waals surface area (Å²) in [5.41, 5.74) is 2.11. The number of carbonyl (C=O) groups excluding carboxylic acids is 1. The van der Waals surface area contributed by atoms with Gasteiger partial charge in [-0.1, -0.05) is 18.2 Å². The highest BCUT2D eigenvalue weighted by Gasteiger charge is 2.31. The van der Waals surface area contributed by atoms with Crippen LogP contribution >= 0.6 is 0 Å². The molecule has 0 spiro atoms. The van der Waals surface area contributed by atoms with Gasteiger partial charge < -0.3 is 24.4 Å². The van der Waals surface area contributed by atoms with E-state index >= 15 is 0 Å². The number of fused-ring (bicyclic) bond motifs is 1. The van der Waals surface area contributed by atoms with Crippen LogP contribution in [0.3, 0.4) is 0 Å². The second kappa shape index (κ2) is 8.64.